The first-order valence-corrected chi connectivity index (χ1v) is 9.77. The second-order valence-corrected chi connectivity index (χ2v) is 7.44. The number of nitrogens with zero attached hydrogens (tertiary/aromatic N) is 2. The largest absolute Gasteiger partial charge is 0.294 e. The number of carbonyl (C=O) groups excluding carboxylic acids is 1. The van der Waals surface area contributed by atoms with Gasteiger partial charge >= 0.3 is 0 Å². The summed E-state index contributed by atoms with van der Waals surface area (Å²) in [6, 6.07) is 17.0. The number of aromatic nitrogens is 2. The van der Waals surface area contributed by atoms with Crippen molar-refractivity contribution in [1.82, 2.24) is 9.89 Å². The minimum absolute atomic E-state index is 0.144. The van der Waals surface area contributed by atoms with Gasteiger partial charge in [-0.25, -0.2) is 14.2 Å². The summed E-state index contributed by atoms with van der Waals surface area (Å²) in [5.41, 5.74) is 3.55. The number of rotatable bonds is 5. The van der Waals surface area contributed by atoms with Crippen LogP contribution in [0.2, 0.25) is 5.02 Å². The summed E-state index contributed by atoms with van der Waals surface area (Å²) < 4.78 is 26.8. The third-order valence-electron chi connectivity index (χ3n) is 4.68. The van der Waals surface area contributed by atoms with Crippen molar-refractivity contribution in [1.29, 1.82) is 0 Å². The van der Waals surface area contributed by atoms with Crippen LogP contribution in [0.5, 0.6) is 0 Å². The minimum Gasteiger partial charge on any atom is -0.273 e. The number of halogens is 3. The van der Waals surface area contributed by atoms with Gasteiger partial charge < -0.3 is 0 Å². The summed E-state index contributed by atoms with van der Waals surface area (Å²) in [5, 5.41) is 5.98. The van der Waals surface area contributed by atoms with Gasteiger partial charge in [0.25, 0.3) is 5.56 Å². The molecule has 0 aliphatic rings. The molecule has 0 fully saturated rings. The van der Waals surface area contributed by atoms with Crippen LogP contribution in [0.4, 0.5) is 8.78 Å². The smallest absolute Gasteiger partial charge is 0.273 e. The van der Waals surface area contributed by atoms with Gasteiger partial charge in [-0.15, -0.1) is 4.79 Å². The molecular weight excluding hydrogens is 424 g/mol. The zero-order valence-electron chi connectivity index (χ0n) is 16.1. The first kappa shape index (κ1) is 20.7. The second kappa shape index (κ2) is 8.65. The minimum atomic E-state index is -0.783. The molecule has 1 N–H and O–H groups in total. The summed E-state index contributed by atoms with van der Waals surface area (Å²) in [5.74, 6) is -2.20. The van der Waals surface area contributed by atoms with Gasteiger partial charge in [-0.1, -0.05) is 41.9 Å². The summed E-state index contributed by atoms with van der Waals surface area (Å²) in [7, 11) is 0. The van der Waals surface area contributed by atoms with E-state index in [2.05, 4.69) is 10.5 Å². The number of nitrogens with one attached hydrogen (secondary N) is 1. The number of fused-ring (bicyclic) bond motifs is 1. The first-order valence-electron chi connectivity index (χ1n) is 9.39. The van der Waals surface area contributed by atoms with Crippen molar-refractivity contribution in [3.63, 3.8) is 0 Å². The summed E-state index contributed by atoms with van der Waals surface area (Å²) >= 11 is 5.94. The molecule has 1 aromatic heterocycles. The van der Waals surface area contributed by atoms with E-state index in [1.54, 1.807) is 36.4 Å². The van der Waals surface area contributed by atoms with E-state index in [1.165, 1.54) is 0 Å². The fourth-order valence-electron chi connectivity index (χ4n) is 3.31. The molecule has 4 aromatic rings. The van der Waals surface area contributed by atoms with Gasteiger partial charge in [-0.2, -0.15) is 5.10 Å². The van der Waals surface area contributed by atoms with E-state index in [4.69, 9.17) is 11.6 Å². The predicted octanol–water partition coefficient (Wildman–Crippen LogP) is 4.23. The van der Waals surface area contributed by atoms with E-state index in [0.717, 1.165) is 28.6 Å². The average molecular weight is 440 g/mol. The van der Waals surface area contributed by atoms with Crippen molar-refractivity contribution in [2.24, 2.45) is 0 Å². The van der Waals surface area contributed by atoms with Crippen LogP contribution in [0.15, 0.2) is 71.5 Å². The van der Waals surface area contributed by atoms with E-state index in [1.807, 2.05) is 12.1 Å². The first-order chi connectivity index (χ1) is 14.9. The SMILES string of the molecule is O=C(Cc1cc(F)cc(F)c1)Nn1nc(Cc2ccc(Cl)cc2)c2ccccc2c1=O. The number of carbonyl (C=O) groups is 1. The van der Waals surface area contributed by atoms with E-state index >= 15 is 0 Å². The van der Waals surface area contributed by atoms with Gasteiger partial charge in [0, 0.05) is 22.9 Å². The van der Waals surface area contributed by atoms with Crippen LogP contribution in [-0.2, 0) is 17.6 Å². The number of benzene rings is 3. The fourth-order valence-corrected chi connectivity index (χ4v) is 3.44. The van der Waals surface area contributed by atoms with Crippen molar-refractivity contribution < 1.29 is 13.6 Å². The Labute approximate surface area is 180 Å². The van der Waals surface area contributed by atoms with Gasteiger partial charge in [0.05, 0.1) is 17.5 Å². The summed E-state index contributed by atoms with van der Waals surface area (Å²) in [6.07, 6.45) is 0.0884. The van der Waals surface area contributed by atoms with Gasteiger partial charge in [0.2, 0.25) is 5.91 Å². The van der Waals surface area contributed by atoms with E-state index in [9.17, 15) is 18.4 Å². The van der Waals surface area contributed by atoms with Gasteiger partial charge in [-0.3, -0.25) is 9.59 Å². The standard InChI is InChI=1S/C23H16ClF2N3O2/c24-16-7-5-14(6-8-16)11-21-19-3-1-2-4-20(19)23(31)29(27-21)28-22(30)12-15-9-17(25)13-18(26)10-15/h1-10,13H,11-12H2,(H,28,30). The lowest BCUT2D eigenvalue weighted by atomic mass is 10.0. The predicted molar refractivity (Wildman–Crippen MR) is 115 cm³/mol. The van der Waals surface area contributed by atoms with Crippen LogP contribution in [0, 0.1) is 11.6 Å². The van der Waals surface area contributed by atoms with Crippen molar-refractivity contribution in [2.45, 2.75) is 12.8 Å². The van der Waals surface area contributed by atoms with Gasteiger partial charge in [0.15, 0.2) is 0 Å². The molecule has 4 rings (SSSR count). The molecule has 0 saturated carbocycles. The van der Waals surface area contributed by atoms with E-state index in [0.29, 0.717) is 27.9 Å². The van der Waals surface area contributed by atoms with Crippen molar-refractivity contribution in [3.05, 3.63) is 111 Å². The normalized spacial score (nSPS) is 10.9. The molecule has 0 saturated heterocycles. The highest BCUT2D eigenvalue weighted by molar-refractivity contribution is 6.30. The van der Waals surface area contributed by atoms with Crippen molar-refractivity contribution in [2.75, 3.05) is 5.43 Å². The molecule has 0 atom stereocenters. The van der Waals surface area contributed by atoms with Crippen LogP contribution in [0.1, 0.15) is 16.8 Å². The lowest BCUT2D eigenvalue weighted by molar-refractivity contribution is -0.116. The summed E-state index contributed by atoms with van der Waals surface area (Å²) in [4.78, 5) is 26.1. The molecule has 0 spiro atoms. The van der Waals surface area contributed by atoms with Crippen LogP contribution < -0.4 is 11.0 Å². The molecule has 31 heavy (non-hydrogen) atoms. The molecule has 8 heteroatoms. The molecule has 0 aliphatic heterocycles. The lowest BCUT2D eigenvalue weighted by Gasteiger charge is -2.12. The van der Waals surface area contributed by atoms with Crippen LogP contribution in [0.3, 0.4) is 0 Å². The number of hydrogen-bond donors (Lipinski definition) is 1. The Morgan fingerprint density at radius 1 is 0.935 bits per heavy atom. The highest BCUT2D eigenvalue weighted by atomic mass is 35.5. The highest BCUT2D eigenvalue weighted by Crippen LogP contribution is 2.18. The topological polar surface area (TPSA) is 64.0 Å². The Bertz CT molecular complexity index is 1320. The van der Waals surface area contributed by atoms with Gasteiger partial charge in [0.1, 0.15) is 11.6 Å². The van der Waals surface area contributed by atoms with E-state index in [-0.39, 0.29) is 12.0 Å². The Morgan fingerprint density at radius 2 is 1.58 bits per heavy atom. The average Bonchev–Trinajstić information content (AvgIpc) is 2.72. The quantitative estimate of drug-likeness (QED) is 0.506. The number of hydrogen-bond acceptors (Lipinski definition) is 3. The maximum atomic E-state index is 13.4. The van der Waals surface area contributed by atoms with Crippen LogP contribution >= 0.6 is 11.6 Å². The Kier molecular flexibility index (Phi) is 5.77. The maximum Gasteiger partial charge on any atom is 0.294 e. The monoisotopic (exact) mass is 439 g/mol. The highest BCUT2D eigenvalue weighted by Gasteiger charge is 2.14. The Hall–Kier alpha value is -3.58. The Balaban J connectivity index is 1.67. The molecule has 156 valence electrons. The molecule has 0 aliphatic carbocycles. The molecule has 0 radical (unpaired) electrons. The molecule has 1 heterocycles. The number of amides is 1. The Morgan fingerprint density at radius 3 is 2.26 bits per heavy atom. The van der Waals surface area contributed by atoms with Crippen molar-refractivity contribution >= 4 is 28.3 Å². The molecule has 3 aromatic carbocycles. The molecule has 5 nitrogen and oxygen atoms in total. The maximum absolute atomic E-state index is 13.4. The van der Waals surface area contributed by atoms with Gasteiger partial charge in [-0.05, 0) is 41.5 Å². The third kappa shape index (κ3) is 4.78. The van der Waals surface area contributed by atoms with Crippen LogP contribution in [0.25, 0.3) is 10.8 Å². The van der Waals surface area contributed by atoms with E-state index < -0.39 is 23.1 Å². The van der Waals surface area contributed by atoms with Crippen molar-refractivity contribution in [3.8, 4) is 0 Å². The fraction of sp³-hybridized carbons (Fsp3) is 0.0870. The lowest BCUT2D eigenvalue weighted by Crippen LogP contribution is -2.36. The molecule has 0 bridgehead atoms. The molecular formula is C23H16ClF2N3O2. The molecule has 1 amide bonds. The van der Waals surface area contributed by atoms with Crippen LogP contribution in [-0.4, -0.2) is 15.8 Å². The third-order valence-corrected chi connectivity index (χ3v) is 4.94. The zero-order chi connectivity index (χ0) is 22.0. The summed E-state index contributed by atoms with van der Waals surface area (Å²) in [6.45, 7) is 0. The second-order valence-electron chi connectivity index (χ2n) is 7.00. The zero-order valence-corrected chi connectivity index (χ0v) is 16.9. The molecule has 0 unspecified atom stereocenters.